The molecule has 1 fully saturated rings. The summed E-state index contributed by atoms with van der Waals surface area (Å²) in [6.07, 6.45) is 3.33. The van der Waals surface area contributed by atoms with Crippen LogP contribution in [-0.2, 0) is 22.8 Å². The minimum absolute atomic E-state index is 0.344. The summed E-state index contributed by atoms with van der Waals surface area (Å²) in [5.41, 5.74) is -1.18. The van der Waals surface area contributed by atoms with Gasteiger partial charge in [0.05, 0.1) is 30.0 Å². The Kier molecular flexibility index (Phi) is 8.56. The van der Waals surface area contributed by atoms with Crippen LogP contribution >= 0.6 is 0 Å². The Balaban J connectivity index is 3.12. The largest absolute Gasteiger partial charge is 0.502 e. The lowest BCUT2D eigenvalue weighted by Crippen LogP contribution is -2.59. The molecule has 0 aromatic heterocycles. The molecule has 0 N–H and O–H groups in total. The maximum Gasteiger partial charge on any atom is 0.502 e. The van der Waals surface area contributed by atoms with Crippen molar-refractivity contribution >= 4 is 8.80 Å². The normalized spacial score (nSPS) is 19.3. The van der Waals surface area contributed by atoms with Gasteiger partial charge in [-0.3, -0.25) is 0 Å². The molecule has 0 atom stereocenters. The van der Waals surface area contributed by atoms with E-state index in [1.165, 1.54) is 0 Å². The Labute approximate surface area is 168 Å². The summed E-state index contributed by atoms with van der Waals surface area (Å²) < 4.78 is 32.0. The van der Waals surface area contributed by atoms with E-state index in [9.17, 15) is 0 Å². The molecule has 0 amide bonds. The molecule has 1 aliphatic rings. The van der Waals surface area contributed by atoms with E-state index in [2.05, 4.69) is 69.2 Å². The zero-order valence-corrected chi connectivity index (χ0v) is 20.5. The molecule has 1 heterocycles. The van der Waals surface area contributed by atoms with Gasteiger partial charge in [-0.05, 0) is 68.2 Å². The molecule has 0 aromatic rings. The van der Waals surface area contributed by atoms with Crippen molar-refractivity contribution in [3.8, 4) is 0 Å². The quantitative estimate of drug-likeness (QED) is 0.462. The fourth-order valence-electron chi connectivity index (χ4n) is 3.61. The van der Waals surface area contributed by atoms with Crippen molar-refractivity contribution in [2.24, 2.45) is 0 Å². The Morgan fingerprint density at radius 2 is 1.30 bits per heavy atom. The van der Waals surface area contributed by atoms with Crippen LogP contribution in [0.2, 0.25) is 6.04 Å². The summed E-state index contributed by atoms with van der Waals surface area (Å²) in [7, 11) is -2.94. The molecular formula is C21H44O5Si. The van der Waals surface area contributed by atoms with Crippen molar-refractivity contribution in [1.82, 2.24) is 0 Å². The number of hydrogen-bond donors (Lipinski definition) is 0. The van der Waals surface area contributed by atoms with E-state index in [1.54, 1.807) is 0 Å². The second kappa shape index (κ2) is 9.22. The van der Waals surface area contributed by atoms with Gasteiger partial charge in [0.15, 0.2) is 5.79 Å². The predicted octanol–water partition coefficient (Wildman–Crippen LogP) is 5.69. The summed E-state index contributed by atoms with van der Waals surface area (Å²) in [4.78, 5) is 0. The fraction of sp³-hybridized carbons (Fsp3) is 1.00. The molecule has 0 bridgehead atoms. The van der Waals surface area contributed by atoms with Gasteiger partial charge in [0.1, 0.15) is 0 Å². The first-order valence-corrected chi connectivity index (χ1v) is 12.5. The van der Waals surface area contributed by atoms with Crippen LogP contribution < -0.4 is 0 Å². The van der Waals surface area contributed by atoms with Crippen LogP contribution in [0.25, 0.3) is 0 Å². The number of hydrogen-bond acceptors (Lipinski definition) is 5. The van der Waals surface area contributed by atoms with E-state index in [0.29, 0.717) is 6.42 Å². The molecule has 5 nitrogen and oxygen atoms in total. The van der Waals surface area contributed by atoms with Crippen LogP contribution in [0.15, 0.2) is 0 Å². The lowest BCUT2D eigenvalue weighted by molar-refractivity contribution is -0.286. The van der Waals surface area contributed by atoms with Gasteiger partial charge in [0.2, 0.25) is 0 Å². The second-order valence-electron chi connectivity index (χ2n) is 10.2. The van der Waals surface area contributed by atoms with E-state index < -0.39 is 20.2 Å². The average Bonchev–Trinajstić information content (AvgIpc) is 2.43. The Hall–Kier alpha value is 0.0169. The number of ether oxygens (including phenoxy) is 2. The third-order valence-corrected chi connectivity index (χ3v) is 7.99. The van der Waals surface area contributed by atoms with Gasteiger partial charge in [0, 0.05) is 12.5 Å². The smallest absolute Gasteiger partial charge is 0.368 e. The van der Waals surface area contributed by atoms with Gasteiger partial charge in [-0.1, -0.05) is 20.3 Å². The lowest BCUT2D eigenvalue weighted by Gasteiger charge is -2.47. The number of rotatable bonds is 9. The van der Waals surface area contributed by atoms with Crippen molar-refractivity contribution in [3.05, 3.63) is 0 Å². The minimum atomic E-state index is -2.94. The van der Waals surface area contributed by atoms with Crippen LogP contribution in [0.4, 0.5) is 0 Å². The van der Waals surface area contributed by atoms with Gasteiger partial charge in [-0.2, -0.15) is 0 Å². The van der Waals surface area contributed by atoms with Crippen LogP contribution in [0.5, 0.6) is 0 Å². The van der Waals surface area contributed by atoms with Crippen LogP contribution in [-0.4, -0.2) is 44.6 Å². The molecular weight excluding hydrogens is 360 g/mol. The highest BCUT2D eigenvalue weighted by molar-refractivity contribution is 6.61. The van der Waals surface area contributed by atoms with Crippen LogP contribution in [0.1, 0.15) is 94.9 Å². The summed E-state index contributed by atoms with van der Waals surface area (Å²) in [6, 6.07) is 0.784. The molecule has 1 saturated heterocycles. The molecule has 27 heavy (non-hydrogen) atoms. The Morgan fingerprint density at radius 3 is 1.67 bits per heavy atom. The van der Waals surface area contributed by atoms with E-state index in [-0.39, 0.29) is 11.2 Å². The maximum absolute atomic E-state index is 6.78. The topological polar surface area (TPSA) is 46.2 Å². The van der Waals surface area contributed by atoms with Gasteiger partial charge < -0.3 is 22.8 Å². The Bertz CT molecular complexity index is 428. The molecule has 0 aliphatic carbocycles. The minimum Gasteiger partial charge on any atom is -0.368 e. The van der Waals surface area contributed by atoms with E-state index in [1.807, 2.05) is 0 Å². The first-order chi connectivity index (χ1) is 12.2. The summed E-state index contributed by atoms with van der Waals surface area (Å²) >= 11 is 0. The maximum atomic E-state index is 6.78. The third-order valence-electron chi connectivity index (χ3n) is 4.16. The van der Waals surface area contributed by atoms with Crippen molar-refractivity contribution < 1.29 is 22.8 Å². The molecule has 6 heteroatoms. The summed E-state index contributed by atoms with van der Waals surface area (Å²) in [6.45, 7) is 22.3. The fourth-order valence-corrected chi connectivity index (χ4v) is 7.43. The highest BCUT2D eigenvalue weighted by atomic mass is 28.4. The molecule has 0 aromatic carbocycles. The van der Waals surface area contributed by atoms with Crippen molar-refractivity contribution in [3.63, 3.8) is 0 Å². The lowest BCUT2D eigenvalue weighted by atomic mass is 9.95. The molecule has 0 spiro atoms. The molecule has 0 saturated carbocycles. The average molecular weight is 405 g/mol. The predicted molar refractivity (Wildman–Crippen MR) is 112 cm³/mol. The first kappa shape index (κ1) is 25.1. The summed E-state index contributed by atoms with van der Waals surface area (Å²) in [5, 5.41) is 0. The first-order valence-electron chi connectivity index (χ1n) is 10.5. The van der Waals surface area contributed by atoms with Gasteiger partial charge >= 0.3 is 8.80 Å². The third kappa shape index (κ3) is 8.92. The SMILES string of the molecule is CCC[Si](OC(C)(C)C)(OC(C)(C)C)OC(C)(C)CC1(CC)OCCCO1. The highest BCUT2D eigenvalue weighted by Gasteiger charge is 2.52. The molecule has 1 rings (SSSR count). The molecule has 162 valence electrons. The molecule has 1 aliphatic heterocycles. The van der Waals surface area contributed by atoms with Crippen molar-refractivity contribution in [2.45, 2.75) is 124 Å². The monoisotopic (exact) mass is 404 g/mol. The van der Waals surface area contributed by atoms with Gasteiger partial charge in [-0.25, -0.2) is 0 Å². The van der Waals surface area contributed by atoms with Crippen LogP contribution in [0.3, 0.4) is 0 Å². The zero-order chi connectivity index (χ0) is 21.0. The molecule has 0 unspecified atom stereocenters. The van der Waals surface area contributed by atoms with E-state index >= 15 is 0 Å². The van der Waals surface area contributed by atoms with Crippen molar-refractivity contribution in [2.75, 3.05) is 13.2 Å². The standard InChI is InChI=1S/C21H44O5Si/c1-11-16-27(24-18(3,4)5,25-19(6,7)8)26-20(9,10)17-21(12-2)22-14-13-15-23-21/h11-17H2,1-10H3. The second-order valence-corrected chi connectivity index (χ2v) is 12.7. The Morgan fingerprint density at radius 1 is 0.815 bits per heavy atom. The van der Waals surface area contributed by atoms with Gasteiger partial charge in [-0.15, -0.1) is 0 Å². The van der Waals surface area contributed by atoms with Crippen molar-refractivity contribution in [1.29, 1.82) is 0 Å². The van der Waals surface area contributed by atoms with Gasteiger partial charge in [0.25, 0.3) is 0 Å². The van der Waals surface area contributed by atoms with Crippen LogP contribution in [0, 0.1) is 0 Å². The summed E-state index contributed by atoms with van der Waals surface area (Å²) in [5.74, 6) is -0.586. The van der Waals surface area contributed by atoms with E-state index in [4.69, 9.17) is 22.8 Å². The molecule has 0 radical (unpaired) electrons. The van der Waals surface area contributed by atoms with E-state index in [0.717, 1.165) is 38.5 Å². The zero-order valence-electron chi connectivity index (χ0n) is 19.5. The highest BCUT2D eigenvalue weighted by Crippen LogP contribution is 2.38.